The van der Waals surface area contributed by atoms with E-state index in [9.17, 15) is 4.79 Å². The van der Waals surface area contributed by atoms with Crippen LogP contribution in [0.1, 0.15) is 11.1 Å². The zero-order valence-electron chi connectivity index (χ0n) is 10.3. The van der Waals surface area contributed by atoms with E-state index in [1.807, 2.05) is 32.0 Å². The summed E-state index contributed by atoms with van der Waals surface area (Å²) in [5.74, 6) is 0.622. The number of rotatable bonds is 1. The van der Waals surface area contributed by atoms with Gasteiger partial charge in [-0.3, -0.25) is 0 Å². The normalized spacial score (nSPS) is 15.8. The molecule has 4 heteroatoms. The lowest BCUT2D eigenvalue weighted by Gasteiger charge is -2.26. The van der Waals surface area contributed by atoms with Crippen LogP contribution in [0.25, 0.3) is 0 Å². The summed E-state index contributed by atoms with van der Waals surface area (Å²) in [5.41, 5.74) is 2.34. The van der Waals surface area contributed by atoms with Crippen molar-refractivity contribution in [2.45, 2.75) is 13.8 Å². The number of carbonyl (C=O) groups excluding carboxylic acids is 1. The summed E-state index contributed by atoms with van der Waals surface area (Å²) in [6, 6.07) is 5.70. The van der Waals surface area contributed by atoms with E-state index in [2.05, 4.69) is 5.32 Å². The first-order valence-electron chi connectivity index (χ1n) is 5.91. The molecule has 0 radical (unpaired) electrons. The minimum atomic E-state index is -0.255. The quantitative estimate of drug-likeness (QED) is 0.804. The third-order valence-electron chi connectivity index (χ3n) is 3.06. The van der Waals surface area contributed by atoms with Crippen molar-refractivity contribution in [1.29, 1.82) is 0 Å². The van der Waals surface area contributed by atoms with E-state index in [1.54, 1.807) is 4.90 Å². The van der Waals surface area contributed by atoms with Gasteiger partial charge in [0.1, 0.15) is 5.75 Å². The van der Waals surface area contributed by atoms with Crippen LogP contribution in [-0.2, 0) is 0 Å². The largest absolute Gasteiger partial charge is 0.415 e. The number of hydrogen-bond donors (Lipinski definition) is 1. The van der Waals surface area contributed by atoms with Crippen molar-refractivity contribution in [2.75, 3.05) is 26.2 Å². The standard InChI is InChI=1S/C13H18N2O2/c1-10-3-4-12(9-11(10)2)17-13(16)15-7-5-14-6-8-15/h3-4,9,14H,5-8H2,1-2H3. The number of piperazine rings is 1. The Kier molecular flexibility index (Phi) is 3.64. The fourth-order valence-corrected chi connectivity index (χ4v) is 1.79. The molecule has 1 fully saturated rings. The average molecular weight is 234 g/mol. The number of carbonyl (C=O) groups is 1. The minimum Gasteiger partial charge on any atom is -0.410 e. The first-order chi connectivity index (χ1) is 8.16. The Morgan fingerprint density at radius 3 is 2.59 bits per heavy atom. The molecule has 0 aromatic heterocycles. The molecular formula is C13H18N2O2. The predicted molar refractivity (Wildman–Crippen MR) is 66.4 cm³/mol. The fraction of sp³-hybridized carbons (Fsp3) is 0.462. The summed E-state index contributed by atoms with van der Waals surface area (Å²) in [4.78, 5) is 13.6. The first-order valence-corrected chi connectivity index (χ1v) is 5.91. The van der Waals surface area contributed by atoms with Crippen LogP contribution < -0.4 is 10.1 Å². The lowest BCUT2D eigenvalue weighted by atomic mass is 10.1. The van der Waals surface area contributed by atoms with Gasteiger partial charge in [-0.15, -0.1) is 0 Å². The Hall–Kier alpha value is -1.55. The first kappa shape index (κ1) is 11.9. The number of benzene rings is 1. The predicted octanol–water partition coefficient (Wildman–Crippen LogP) is 1.71. The molecule has 0 spiro atoms. The second kappa shape index (κ2) is 5.19. The van der Waals surface area contributed by atoms with E-state index in [1.165, 1.54) is 5.56 Å². The zero-order chi connectivity index (χ0) is 12.3. The van der Waals surface area contributed by atoms with Gasteiger partial charge in [-0.25, -0.2) is 4.79 Å². The number of nitrogens with one attached hydrogen (secondary N) is 1. The van der Waals surface area contributed by atoms with Crippen LogP contribution in [0, 0.1) is 13.8 Å². The molecule has 1 heterocycles. The van der Waals surface area contributed by atoms with Gasteiger partial charge in [0.15, 0.2) is 0 Å². The molecule has 17 heavy (non-hydrogen) atoms. The van der Waals surface area contributed by atoms with Crippen molar-refractivity contribution in [1.82, 2.24) is 10.2 Å². The molecule has 1 aliphatic heterocycles. The van der Waals surface area contributed by atoms with E-state index >= 15 is 0 Å². The highest BCUT2D eigenvalue weighted by Gasteiger charge is 2.17. The molecule has 4 nitrogen and oxygen atoms in total. The summed E-state index contributed by atoms with van der Waals surface area (Å²) in [5, 5.41) is 3.20. The van der Waals surface area contributed by atoms with Gasteiger partial charge in [-0.2, -0.15) is 0 Å². The van der Waals surface area contributed by atoms with Crippen molar-refractivity contribution in [3.05, 3.63) is 29.3 Å². The molecule has 0 atom stereocenters. The summed E-state index contributed by atoms with van der Waals surface area (Å²) < 4.78 is 5.35. The van der Waals surface area contributed by atoms with Crippen LogP contribution >= 0.6 is 0 Å². The molecule has 0 aliphatic carbocycles. The number of aryl methyl sites for hydroxylation is 2. The van der Waals surface area contributed by atoms with Gasteiger partial charge in [-0.1, -0.05) is 6.07 Å². The van der Waals surface area contributed by atoms with Crippen LogP contribution in [0.4, 0.5) is 4.79 Å². The summed E-state index contributed by atoms with van der Waals surface area (Å²) in [7, 11) is 0. The van der Waals surface area contributed by atoms with E-state index in [4.69, 9.17) is 4.74 Å². The Labute approximate surface area is 102 Å². The summed E-state index contributed by atoms with van der Waals surface area (Å²) in [6.45, 7) is 7.14. The molecule has 0 unspecified atom stereocenters. The lowest BCUT2D eigenvalue weighted by molar-refractivity contribution is 0.146. The molecule has 1 N–H and O–H groups in total. The maximum atomic E-state index is 11.8. The van der Waals surface area contributed by atoms with Gasteiger partial charge in [-0.05, 0) is 37.1 Å². The molecule has 0 bridgehead atoms. The third-order valence-corrected chi connectivity index (χ3v) is 3.06. The van der Waals surface area contributed by atoms with Crippen molar-refractivity contribution in [3.63, 3.8) is 0 Å². The topological polar surface area (TPSA) is 41.6 Å². The molecule has 1 saturated heterocycles. The maximum absolute atomic E-state index is 11.8. The van der Waals surface area contributed by atoms with Crippen LogP contribution in [0.5, 0.6) is 5.75 Å². The maximum Gasteiger partial charge on any atom is 0.415 e. The molecule has 1 aromatic carbocycles. The molecule has 0 saturated carbocycles. The van der Waals surface area contributed by atoms with Gasteiger partial charge in [0.2, 0.25) is 0 Å². The smallest absolute Gasteiger partial charge is 0.410 e. The van der Waals surface area contributed by atoms with Gasteiger partial charge >= 0.3 is 6.09 Å². The number of nitrogens with zero attached hydrogens (tertiary/aromatic N) is 1. The number of hydrogen-bond acceptors (Lipinski definition) is 3. The van der Waals surface area contributed by atoms with E-state index in [0.717, 1.165) is 18.7 Å². The average Bonchev–Trinajstić information content (AvgIpc) is 2.35. The van der Waals surface area contributed by atoms with Gasteiger partial charge in [0.25, 0.3) is 0 Å². The molecule has 92 valence electrons. The van der Waals surface area contributed by atoms with Crippen molar-refractivity contribution in [3.8, 4) is 5.75 Å². The Morgan fingerprint density at radius 2 is 1.94 bits per heavy atom. The Morgan fingerprint density at radius 1 is 1.24 bits per heavy atom. The van der Waals surface area contributed by atoms with Crippen molar-refractivity contribution < 1.29 is 9.53 Å². The molecule has 2 rings (SSSR count). The Bertz CT molecular complexity index is 412. The second-order valence-corrected chi connectivity index (χ2v) is 4.35. The fourth-order valence-electron chi connectivity index (χ4n) is 1.79. The van der Waals surface area contributed by atoms with Crippen molar-refractivity contribution in [2.24, 2.45) is 0 Å². The molecule has 1 aromatic rings. The van der Waals surface area contributed by atoms with Crippen LogP contribution in [-0.4, -0.2) is 37.2 Å². The SMILES string of the molecule is Cc1ccc(OC(=O)N2CCNCC2)cc1C. The molecule has 1 aliphatic rings. The van der Waals surface area contributed by atoms with Crippen LogP contribution in [0.15, 0.2) is 18.2 Å². The van der Waals surface area contributed by atoms with Crippen LogP contribution in [0.2, 0.25) is 0 Å². The van der Waals surface area contributed by atoms with Gasteiger partial charge in [0.05, 0.1) is 0 Å². The molecule has 1 amide bonds. The highest BCUT2D eigenvalue weighted by Crippen LogP contribution is 2.17. The van der Waals surface area contributed by atoms with E-state index < -0.39 is 0 Å². The summed E-state index contributed by atoms with van der Waals surface area (Å²) in [6.07, 6.45) is -0.255. The van der Waals surface area contributed by atoms with Crippen molar-refractivity contribution >= 4 is 6.09 Å². The summed E-state index contributed by atoms with van der Waals surface area (Å²) >= 11 is 0. The number of amides is 1. The third kappa shape index (κ3) is 2.97. The zero-order valence-corrected chi connectivity index (χ0v) is 10.3. The van der Waals surface area contributed by atoms with Crippen LogP contribution in [0.3, 0.4) is 0 Å². The number of ether oxygens (including phenoxy) is 1. The van der Waals surface area contributed by atoms with Gasteiger partial charge < -0.3 is 15.0 Å². The van der Waals surface area contributed by atoms with E-state index in [-0.39, 0.29) is 6.09 Å². The lowest BCUT2D eigenvalue weighted by Crippen LogP contribution is -2.47. The van der Waals surface area contributed by atoms with Gasteiger partial charge in [0, 0.05) is 26.2 Å². The van der Waals surface area contributed by atoms with E-state index in [0.29, 0.717) is 18.8 Å². The monoisotopic (exact) mass is 234 g/mol. The highest BCUT2D eigenvalue weighted by atomic mass is 16.6. The highest BCUT2D eigenvalue weighted by molar-refractivity contribution is 5.71. The second-order valence-electron chi connectivity index (χ2n) is 4.35. The Balaban J connectivity index is 1.99. The molecular weight excluding hydrogens is 216 g/mol. The minimum absolute atomic E-state index is 0.255.